The molecule has 0 saturated carbocycles. The van der Waals surface area contributed by atoms with E-state index in [0.717, 1.165) is 18.8 Å². The Kier molecular flexibility index (Phi) is 3.94. The van der Waals surface area contributed by atoms with Gasteiger partial charge in [-0.2, -0.15) is 0 Å². The van der Waals surface area contributed by atoms with Crippen molar-refractivity contribution in [2.45, 2.75) is 10.8 Å². The highest BCUT2D eigenvalue weighted by Crippen LogP contribution is 2.28. The molecule has 3 rings (SSSR count). The molecule has 1 aliphatic heterocycles. The van der Waals surface area contributed by atoms with E-state index in [4.69, 9.17) is 4.52 Å². The van der Waals surface area contributed by atoms with Crippen molar-refractivity contribution >= 4 is 23.4 Å². The molecule has 0 spiro atoms. The van der Waals surface area contributed by atoms with Gasteiger partial charge < -0.3 is 15.2 Å². The van der Waals surface area contributed by atoms with Crippen LogP contribution in [0.2, 0.25) is 0 Å². The maximum Gasteiger partial charge on any atom is 0.294 e. The normalized spacial score (nSPS) is 14.8. The minimum atomic E-state index is -0.429. The Hall–Kier alpha value is -1.86. The van der Waals surface area contributed by atoms with Gasteiger partial charge >= 0.3 is 0 Å². The summed E-state index contributed by atoms with van der Waals surface area (Å²) >= 11 is 1.24. The van der Waals surface area contributed by atoms with E-state index in [1.54, 1.807) is 24.5 Å². The fraction of sp³-hybridized carbons (Fsp3) is 0.286. The lowest BCUT2D eigenvalue weighted by Crippen LogP contribution is -2.40. The summed E-state index contributed by atoms with van der Waals surface area (Å²) < 4.78 is 18.7. The van der Waals surface area contributed by atoms with Crippen molar-refractivity contribution in [1.29, 1.82) is 0 Å². The SMILES string of the molecule is CSc1c(F)cccc1NC(=O)c1cc(C2CNC2)no1. The number of thioether (sulfide) groups is 1. The van der Waals surface area contributed by atoms with Crippen LogP contribution in [0.4, 0.5) is 10.1 Å². The highest BCUT2D eigenvalue weighted by Gasteiger charge is 2.24. The lowest BCUT2D eigenvalue weighted by Gasteiger charge is -2.24. The van der Waals surface area contributed by atoms with Crippen LogP contribution in [0, 0.1) is 5.82 Å². The van der Waals surface area contributed by atoms with Gasteiger partial charge in [-0.3, -0.25) is 4.79 Å². The summed E-state index contributed by atoms with van der Waals surface area (Å²) in [6.45, 7) is 1.68. The van der Waals surface area contributed by atoms with Crippen LogP contribution in [0.25, 0.3) is 0 Å². The van der Waals surface area contributed by atoms with Gasteiger partial charge in [-0.1, -0.05) is 11.2 Å². The Bertz CT molecular complexity index is 670. The van der Waals surface area contributed by atoms with Crippen LogP contribution >= 0.6 is 11.8 Å². The fourth-order valence-corrected chi connectivity index (χ4v) is 2.69. The van der Waals surface area contributed by atoms with Gasteiger partial charge in [0, 0.05) is 25.1 Å². The summed E-state index contributed by atoms with van der Waals surface area (Å²) in [4.78, 5) is 12.5. The predicted molar refractivity (Wildman–Crippen MR) is 78.2 cm³/mol. The lowest BCUT2D eigenvalue weighted by molar-refractivity contribution is 0.0987. The number of benzene rings is 1. The number of hydrogen-bond acceptors (Lipinski definition) is 5. The van der Waals surface area contributed by atoms with Crippen LogP contribution in [-0.4, -0.2) is 30.4 Å². The second-order valence-corrected chi connectivity index (χ2v) is 5.56. The molecule has 7 heteroatoms. The van der Waals surface area contributed by atoms with Crippen LogP contribution < -0.4 is 10.6 Å². The number of aromatic nitrogens is 1. The minimum absolute atomic E-state index is 0.133. The molecule has 1 amide bonds. The van der Waals surface area contributed by atoms with Gasteiger partial charge in [0.2, 0.25) is 5.76 Å². The van der Waals surface area contributed by atoms with E-state index < -0.39 is 5.91 Å². The average Bonchev–Trinajstić information content (AvgIpc) is 2.86. The summed E-state index contributed by atoms with van der Waals surface area (Å²) in [7, 11) is 0. The zero-order valence-electron chi connectivity index (χ0n) is 11.4. The number of rotatable bonds is 4. The third-order valence-electron chi connectivity index (χ3n) is 3.37. The van der Waals surface area contributed by atoms with Crippen molar-refractivity contribution in [1.82, 2.24) is 10.5 Å². The van der Waals surface area contributed by atoms with Crippen molar-refractivity contribution in [3.8, 4) is 0 Å². The first kappa shape index (κ1) is 14.1. The maximum atomic E-state index is 13.7. The predicted octanol–water partition coefficient (Wildman–Crippen LogP) is 2.47. The largest absolute Gasteiger partial charge is 0.351 e. The van der Waals surface area contributed by atoms with E-state index in [9.17, 15) is 9.18 Å². The third kappa shape index (κ3) is 2.79. The topological polar surface area (TPSA) is 67.2 Å². The Balaban J connectivity index is 1.77. The molecule has 110 valence electrons. The number of anilines is 1. The Morgan fingerprint density at radius 2 is 2.33 bits per heavy atom. The van der Waals surface area contributed by atoms with Crippen molar-refractivity contribution in [3.05, 3.63) is 41.5 Å². The number of hydrogen-bond donors (Lipinski definition) is 2. The molecule has 1 aliphatic rings. The van der Waals surface area contributed by atoms with Gasteiger partial charge in [-0.05, 0) is 18.4 Å². The third-order valence-corrected chi connectivity index (χ3v) is 4.19. The van der Waals surface area contributed by atoms with Crippen LogP contribution in [0.3, 0.4) is 0 Å². The van der Waals surface area contributed by atoms with E-state index in [0.29, 0.717) is 16.5 Å². The summed E-state index contributed by atoms with van der Waals surface area (Å²) in [6.07, 6.45) is 1.75. The van der Waals surface area contributed by atoms with Gasteiger partial charge in [0.25, 0.3) is 5.91 Å². The van der Waals surface area contributed by atoms with Crippen LogP contribution in [0.15, 0.2) is 33.7 Å². The molecule has 1 aromatic carbocycles. The molecule has 0 unspecified atom stereocenters. The quantitative estimate of drug-likeness (QED) is 0.849. The van der Waals surface area contributed by atoms with Gasteiger partial charge in [0.05, 0.1) is 16.3 Å². The number of halogens is 1. The van der Waals surface area contributed by atoms with Crippen molar-refractivity contribution in [2.24, 2.45) is 0 Å². The van der Waals surface area contributed by atoms with Crippen molar-refractivity contribution in [2.75, 3.05) is 24.7 Å². The standard InChI is InChI=1S/C14H14FN3O2S/c1-21-13-9(15)3-2-4-10(13)17-14(19)12-5-11(18-20-12)8-6-16-7-8/h2-5,8,16H,6-7H2,1H3,(H,17,19). The zero-order valence-corrected chi connectivity index (χ0v) is 12.2. The number of carbonyl (C=O) groups excluding carboxylic acids is 1. The number of amides is 1. The molecule has 0 atom stereocenters. The molecule has 21 heavy (non-hydrogen) atoms. The second kappa shape index (κ2) is 5.87. The monoisotopic (exact) mass is 307 g/mol. The van der Waals surface area contributed by atoms with Gasteiger partial charge in [-0.15, -0.1) is 11.8 Å². The molecule has 2 aromatic rings. The number of carbonyl (C=O) groups is 1. The molecular weight excluding hydrogens is 293 g/mol. The molecule has 0 radical (unpaired) electrons. The van der Waals surface area contributed by atoms with Gasteiger partial charge in [-0.25, -0.2) is 4.39 Å². The number of nitrogens with one attached hydrogen (secondary N) is 2. The van der Waals surface area contributed by atoms with Crippen LogP contribution in [-0.2, 0) is 0 Å². The zero-order chi connectivity index (χ0) is 14.8. The molecule has 2 heterocycles. The average molecular weight is 307 g/mol. The van der Waals surface area contributed by atoms with E-state index in [-0.39, 0.29) is 11.6 Å². The van der Waals surface area contributed by atoms with Crippen molar-refractivity contribution in [3.63, 3.8) is 0 Å². The Morgan fingerprint density at radius 3 is 3.00 bits per heavy atom. The molecule has 1 saturated heterocycles. The Labute approximate surface area is 125 Å². The van der Waals surface area contributed by atoms with E-state index in [1.165, 1.54) is 17.8 Å². The second-order valence-electron chi connectivity index (χ2n) is 4.75. The molecule has 2 N–H and O–H groups in total. The molecule has 0 bridgehead atoms. The summed E-state index contributed by atoms with van der Waals surface area (Å²) in [5.41, 5.74) is 1.19. The Morgan fingerprint density at radius 1 is 1.52 bits per heavy atom. The van der Waals surface area contributed by atoms with Crippen molar-refractivity contribution < 1.29 is 13.7 Å². The molecule has 0 aliphatic carbocycles. The molecule has 1 fully saturated rings. The smallest absolute Gasteiger partial charge is 0.294 e. The first-order chi connectivity index (χ1) is 10.2. The minimum Gasteiger partial charge on any atom is -0.351 e. The number of nitrogens with zero attached hydrogens (tertiary/aromatic N) is 1. The first-order valence-electron chi connectivity index (χ1n) is 6.50. The van der Waals surface area contributed by atoms with E-state index in [2.05, 4.69) is 15.8 Å². The summed E-state index contributed by atoms with van der Waals surface area (Å²) in [6, 6.07) is 6.20. The molecular formula is C14H14FN3O2S. The van der Waals surface area contributed by atoms with Crippen LogP contribution in [0.1, 0.15) is 22.2 Å². The van der Waals surface area contributed by atoms with Crippen LogP contribution in [0.5, 0.6) is 0 Å². The molecule has 1 aromatic heterocycles. The van der Waals surface area contributed by atoms with Gasteiger partial charge in [0.15, 0.2) is 0 Å². The lowest BCUT2D eigenvalue weighted by atomic mass is 9.99. The first-order valence-corrected chi connectivity index (χ1v) is 7.72. The highest BCUT2D eigenvalue weighted by atomic mass is 32.2. The van der Waals surface area contributed by atoms with E-state index in [1.807, 2.05) is 0 Å². The fourth-order valence-electron chi connectivity index (χ4n) is 2.08. The maximum absolute atomic E-state index is 13.7. The summed E-state index contributed by atoms with van der Waals surface area (Å²) in [5.74, 6) is -0.361. The molecule has 5 nitrogen and oxygen atoms in total. The van der Waals surface area contributed by atoms with E-state index >= 15 is 0 Å². The summed E-state index contributed by atoms with van der Waals surface area (Å²) in [5, 5.41) is 9.70. The van der Waals surface area contributed by atoms with Gasteiger partial charge in [0.1, 0.15) is 5.82 Å². The highest BCUT2D eigenvalue weighted by molar-refractivity contribution is 7.98.